The van der Waals surface area contributed by atoms with E-state index in [1.54, 1.807) is 0 Å². The number of hydrogen-bond acceptors (Lipinski definition) is 2. The van der Waals surface area contributed by atoms with Gasteiger partial charge >= 0.3 is 5.97 Å². The van der Waals surface area contributed by atoms with Gasteiger partial charge in [0.2, 0.25) is 0 Å². The maximum absolute atomic E-state index is 12.6. The second-order valence-corrected chi connectivity index (χ2v) is 16.8. The summed E-state index contributed by atoms with van der Waals surface area (Å²) >= 11 is 0. The average molecular weight is 611 g/mol. The lowest BCUT2D eigenvalue weighted by Gasteiger charge is -2.61. The first kappa shape index (κ1) is 36.1. The van der Waals surface area contributed by atoms with Crippen LogP contribution in [0, 0.1) is 46.3 Å². The van der Waals surface area contributed by atoms with E-state index in [0.717, 1.165) is 42.4 Å². The molecule has 4 fully saturated rings. The van der Waals surface area contributed by atoms with Crippen molar-refractivity contribution in [2.24, 2.45) is 46.3 Å². The number of carbonyl (C=O) groups is 1. The van der Waals surface area contributed by atoms with Crippen LogP contribution >= 0.6 is 0 Å². The second-order valence-electron chi connectivity index (χ2n) is 16.8. The van der Waals surface area contributed by atoms with E-state index in [1.807, 2.05) is 0 Å². The number of allylic oxidation sites excluding steroid dienone is 2. The monoisotopic (exact) mass is 611 g/mol. The van der Waals surface area contributed by atoms with E-state index in [-0.39, 0.29) is 5.97 Å². The smallest absolute Gasteiger partial charge is 0.305 e. The molecule has 0 heterocycles. The first-order valence-electron chi connectivity index (χ1n) is 20.2. The summed E-state index contributed by atoms with van der Waals surface area (Å²) in [5, 5.41) is 0. The minimum atomic E-state index is 0.0524. The van der Waals surface area contributed by atoms with Crippen LogP contribution in [0.5, 0.6) is 0 Å². The molecule has 0 aliphatic heterocycles. The third-order valence-electron chi connectivity index (χ3n) is 14.1. The first-order chi connectivity index (χ1) is 21.4. The molecule has 2 heteroatoms. The molecule has 0 aromatic carbocycles. The Kier molecular flexibility index (Phi) is 15.2. The van der Waals surface area contributed by atoms with Gasteiger partial charge in [0, 0.05) is 6.42 Å². The third kappa shape index (κ3) is 9.62. The van der Waals surface area contributed by atoms with Gasteiger partial charge in [0.15, 0.2) is 0 Å². The molecular weight excluding hydrogens is 536 g/mol. The zero-order valence-corrected chi connectivity index (χ0v) is 30.0. The van der Waals surface area contributed by atoms with Crippen LogP contribution < -0.4 is 0 Å². The van der Waals surface area contributed by atoms with E-state index in [2.05, 4.69) is 39.8 Å². The van der Waals surface area contributed by atoms with Gasteiger partial charge in [-0.05, 0) is 136 Å². The van der Waals surface area contributed by atoms with Crippen LogP contribution in [0.15, 0.2) is 12.2 Å². The Labute approximate surface area is 274 Å². The summed E-state index contributed by atoms with van der Waals surface area (Å²) in [5.41, 5.74) is 1.15. The molecule has 1 unspecified atom stereocenters. The van der Waals surface area contributed by atoms with Crippen LogP contribution in [0.3, 0.4) is 0 Å². The van der Waals surface area contributed by atoms with Crippen molar-refractivity contribution >= 4 is 5.97 Å². The number of rotatable bonds is 20. The minimum absolute atomic E-state index is 0.0524. The average Bonchev–Trinajstić information content (AvgIpc) is 3.38. The molecule has 0 spiro atoms. The number of esters is 1. The lowest BCUT2D eigenvalue weighted by Crippen LogP contribution is -2.53. The molecule has 2 nitrogen and oxygen atoms in total. The van der Waals surface area contributed by atoms with E-state index in [4.69, 9.17) is 4.74 Å². The summed E-state index contributed by atoms with van der Waals surface area (Å²) in [6.45, 7) is 10.7. The van der Waals surface area contributed by atoms with Gasteiger partial charge in [0.05, 0.1) is 6.61 Å². The molecule has 8 atom stereocenters. The largest absolute Gasteiger partial charge is 0.466 e. The Balaban J connectivity index is 1.02. The van der Waals surface area contributed by atoms with Crippen LogP contribution in [0.4, 0.5) is 0 Å². The van der Waals surface area contributed by atoms with E-state index in [9.17, 15) is 4.79 Å². The molecule has 0 radical (unpaired) electrons. The number of hydrogen-bond donors (Lipinski definition) is 0. The minimum Gasteiger partial charge on any atom is -0.466 e. The standard InChI is InChI=1S/C42H74O2/c1-5-6-7-8-9-10-11-12-13-14-15-16-17-18-19-22-33-44-40(43)29-24-34(2)37-27-28-38-36-26-25-35-23-20-21-31-41(35,3)39(36)30-32-42(37,38)4/h12-13,34-39H,5-11,14-33H2,1-4H3/b13-12-/t34-,35?,36+,37-,38+,39+,41+,42-/m1/s1. The van der Waals surface area contributed by atoms with Gasteiger partial charge in [-0.2, -0.15) is 0 Å². The van der Waals surface area contributed by atoms with Crippen LogP contribution in [0.2, 0.25) is 0 Å². The Morgan fingerprint density at radius 3 is 2.11 bits per heavy atom. The molecule has 0 aromatic heterocycles. The zero-order valence-electron chi connectivity index (χ0n) is 30.0. The van der Waals surface area contributed by atoms with Crippen molar-refractivity contribution in [2.75, 3.05) is 6.61 Å². The van der Waals surface area contributed by atoms with E-state index in [1.165, 1.54) is 148 Å². The number of carbonyl (C=O) groups excluding carboxylic acids is 1. The van der Waals surface area contributed by atoms with Crippen LogP contribution in [-0.4, -0.2) is 12.6 Å². The lowest BCUT2D eigenvalue weighted by molar-refractivity contribution is -0.144. The first-order valence-corrected chi connectivity index (χ1v) is 20.2. The van der Waals surface area contributed by atoms with Crippen molar-refractivity contribution in [3.63, 3.8) is 0 Å². The van der Waals surface area contributed by atoms with Gasteiger partial charge in [-0.15, -0.1) is 0 Å². The molecule has 0 N–H and O–H groups in total. The van der Waals surface area contributed by atoms with Crippen molar-refractivity contribution in [1.29, 1.82) is 0 Å². The molecule has 4 aliphatic rings. The molecule has 254 valence electrons. The third-order valence-corrected chi connectivity index (χ3v) is 14.1. The molecule has 4 aliphatic carbocycles. The zero-order chi connectivity index (χ0) is 31.3. The van der Waals surface area contributed by atoms with E-state index < -0.39 is 0 Å². The highest BCUT2D eigenvalue weighted by atomic mass is 16.5. The second kappa shape index (κ2) is 18.5. The predicted octanol–water partition coefficient (Wildman–Crippen LogP) is 13.0. The van der Waals surface area contributed by atoms with E-state index in [0.29, 0.717) is 29.8 Å². The Morgan fingerprint density at radius 1 is 0.727 bits per heavy atom. The van der Waals surface area contributed by atoms with Gasteiger partial charge < -0.3 is 4.74 Å². The van der Waals surface area contributed by atoms with Gasteiger partial charge in [-0.1, -0.05) is 110 Å². The van der Waals surface area contributed by atoms with Crippen LogP contribution in [0.1, 0.15) is 195 Å². The summed E-state index contributed by atoms with van der Waals surface area (Å²) in [4.78, 5) is 12.6. The summed E-state index contributed by atoms with van der Waals surface area (Å²) in [5.74, 6) is 5.41. The normalized spacial score (nSPS) is 34.0. The Morgan fingerprint density at radius 2 is 1.39 bits per heavy atom. The lowest BCUT2D eigenvalue weighted by atomic mass is 9.44. The fourth-order valence-electron chi connectivity index (χ4n) is 11.4. The molecular formula is C42H74O2. The molecule has 0 aromatic rings. The maximum atomic E-state index is 12.6. The number of unbranched alkanes of at least 4 members (excludes halogenated alkanes) is 12. The van der Waals surface area contributed by atoms with Crippen molar-refractivity contribution in [3.05, 3.63) is 12.2 Å². The number of ether oxygens (including phenoxy) is 1. The summed E-state index contributed by atoms with van der Waals surface area (Å²) in [7, 11) is 0. The molecule has 0 saturated heterocycles. The molecule has 4 saturated carbocycles. The quantitative estimate of drug-likeness (QED) is 0.0778. The molecule has 4 rings (SSSR count). The summed E-state index contributed by atoms with van der Waals surface area (Å²) in [6, 6.07) is 0. The van der Waals surface area contributed by atoms with Gasteiger partial charge in [-0.25, -0.2) is 0 Å². The predicted molar refractivity (Wildman–Crippen MR) is 189 cm³/mol. The summed E-state index contributed by atoms with van der Waals surface area (Å²) < 4.78 is 5.69. The molecule has 0 amide bonds. The van der Waals surface area contributed by atoms with E-state index >= 15 is 0 Å². The van der Waals surface area contributed by atoms with Gasteiger partial charge in [0.1, 0.15) is 0 Å². The van der Waals surface area contributed by atoms with Gasteiger partial charge in [-0.3, -0.25) is 4.79 Å². The fraction of sp³-hybridized carbons (Fsp3) is 0.929. The fourth-order valence-corrected chi connectivity index (χ4v) is 11.4. The van der Waals surface area contributed by atoms with Crippen molar-refractivity contribution in [3.8, 4) is 0 Å². The maximum Gasteiger partial charge on any atom is 0.305 e. The molecule has 0 bridgehead atoms. The van der Waals surface area contributed by atoms with Crippen molar-refractivity contribution in [2.45, 2.75) is 195 Å². The molecule has 44 heavy (non-hydrogen) atoms. The van der Waals surface area contributed by atoms with Crippen LogP contribution in [-0.2, 0) is 9.53 Å². The number of fused-ring (bicyclic) bond motifs is 5. The Hall–Kier alpha value is -0.790. The SMILES string of the molecule is CCCCCCCC/C=C\CCCCCCCCOC(=O)CC[C@@H](C)[C@H]1CC[C@H]2[C@@H]3CCC4CCCC[C@]4(C)[C@H]3CC[C@]12C. The summed E-state index contributed by atoms with van der Waals surface area (Å²) in [6.07, 6.45) is 39.6. The highest BCUT2D eigenvalue weighted by molar-refractivity contribution is 5.69. The van der Waals surface area contributed by atoms with Crippen molar-refractivity contribution < 1.29 is 9.53 Å². The van der Waals surface area contributed by atoms with Crippen molar-refractivity contribution in [1.82, 2.24) is 0 Å². The highest BCUT2D eigenvalue weighted by Gasteiger charge is 2.60. The van der Waals surface area contributed by atoms with Crippen LogP contribution in [0.25, 0.3) is 0 Å². The highest BCUT2D eigenvalue weighted by Crippen LogP contribution is 2.68. The Bertz CT molecular complexity index is 847. The van der Waals surface area contributed by atoms with Gasteiger partial charge in [0.25, 0.3) is 0 Å². The topological polar surface area (TPSA) is 26.3 Å².